The minimum atomic E-state index is -0.560. The Labute approximate surface area is 214 Å². The number of carbonyl (C=O) groups excluding carboxylic acids is 1. The van der Waals surface area contributed by atoms with Crippen molar-refractivity contribution >= 4 is 34.6 Å². The number of esters is 1. The molecule has 0 unspecified atom stereocenters. The van der Waals surface area contributed by atoms with Gasteiger partial charge in [-0.15, -0.1) is 9.30 Å². The number of hydrogen-bond acceptors (Lipinski definition) is 8. The molecule has 0 aliphatic carbocycles. The zero-order valence-electron chi connectivity index (χ0n) is 20.8. The van der Waals surface area contributed by atoms with Crippen molar-refractivity contribution in [1.29, 1.82) is 0 Å². The maximum absolute atomic E-state index is 12.7. The monoisotopic (exact) mass is 514 g/mol. The van der Waals surface area contributed by atoms with E-state index in [1.54, 1.807) is 12.1 Å². The molecule has 0 spiro atoms. The molecule has 2 aliphatic heterocycles. The molecule has 36 heavy (non-hydrogen) atoms. The number of ether oxygens (including phenoxy) is 2. The Morgan fingerprint density at radius 1 is 1.17 bits per heavy atom. The summed E-state index contributed by atoms with van der Waals surface area (Å²) in [5.74, 6) is 1.29. The van der Waals surface area contributed by atoms with Crippen molar-refractivity contribution in [3.63, 3.8) is 0 Å². The van der Waals surface area contributed by atoms with Gasteiger partial charge in [-0.1, -0.05) is 0 Å². The van der Waals surface area contributed by atoms with Crippen LogP contribution in [0.2, 0.25) is 0 Å². The number of halogens is 1. The Balaban J connectivity index is 1.34. The third kappa shape index (κ3) is 5.40. The number of piperazine rings is 1. The molecule has 0 amide bonds. The summed E-state index contributed by atoms with van der Waals surface area (Å²) in [6, 6.07) is 8.68. The Kier molecular flexibility index (Phi) is 6.76. The molecule has 192 valence electrons. The van der Waals surface area contributed by atoms with Crippen LogP contribution in [0.25, 0.3) is 11.0 Å². The summed E-state index contributed by atoms with van der Waals surface area (Å²) in [5, 5.41) is 4.15. The average Bonchev–Trinajstić information content (AvgIpc) is 3.13. The topological polar surface area (TPSA) is 94.7 Å². The first-order valence-electron chi connectivity index (χ1n) is 12.2. The van der Waals surface area contributed by atoms with Gasteiger partial charge >= 0.3 is 5.97 Å². The lowest BCUT2D eigenvalue weighted by atomic mass is 10.1. The highest BCUT2D eigenvalue weighted by Crippen LogP contribution is 2.25. The fourth-order valence-electron chi connectivity index (χ4n) is 4.48. The molecule has 0 radical (unpaired) electrons. The zero-order chi connectivity index (χ0) is 25.4. The van der Waals surface area contributed by atoms with Crippen LogP contribution in [-0.4, -0.2) is 74.2 Å². The van der Waals surface area contributed by atoms with Gasteiger partial charge in [-0.05, 0) is 51.5 Å². The highest BCUT2D eigenvalue weighted by molar-refractivity contribution is 6.14. The number of rotatable bonds is 6. The first-order valence-corrected chi connectivity index (χ1v) is 12.6. The lowest BCUT2D eigenvalue weighted by Gasteiger charge is -2.35. The third-order valence-electron chi connectivity index (χ3n) is 6.45. The number of carbonyl (C=O) groups is 1. The molecule has 4 heterocycles. The van der Waals surface area contributed by atoms with E-state index in [2.05, 4.69) is 19.5 Å². The highest BCUT2D eigenvalue weighted by atomic mass is 35.5. The lowest BCUT2D eigenvalue weighted by molar-refractivity contribution is -0.0592. The van der Waals surface area contributed by atoms with Crippen molar-refractivity contribution in [3.8, 4) is 0 Å². The Morgan fingerprint density at radius 2 is 1.92 bits per heavy atom. The van der Waals surface area contributed by atoms with Gasteiger partial charge in [0.05, 0.1) is 35.8 Å². The number of hydrogen-bond donors (Lipinski definition) is 0. The maximum Gasteiger partial charge on any atom is 0.338 e. The molecule has 1 atom stereocenters. The van der Waals surface area contributed by atoms with Crippen LogP contribution in [0.3, 0.4) is 0 Å². The summed E-state index contributed by atoms with van der Waals surface area (Å²) in [7, 11) is 0. The van der Waals surface area contributed by atoms with Crippen LogP contribution in [0.5, 0.6) is 0 Å². The van der Waals surface area contributed by atoms with Crippen molar-refractivity contribution in [2.75, 3.05) is 37.7 Å². The van der Waals surface area contributed by atoms with Crippen LogP contribution in [0.1, 0.15) is 43.4 Å². The SMILES string of the molecule is CC(C)(C)OC(=O)c1ccc2nc(CN3CCN(c4ccc(=O)n(Cl)n4)CC3)n(C[C@@H]3CCO3)c2c1. The smallest absolute Gasteiger partial charge is 0.338 e. The van der Waals surface area contributed by atoms with Crippen molar-refractivity contribution in [2.24, 2.45) is 0 Å². The summed E-state index contributed by atoms with van der Waals surface area (Å²) in [5.41, 5.74) is 1.38. The van der Waals surface area contributed by atoms with Crippen molar-refractivity contribution < 1.29 is 14.3 Å². The second kappa shape index (κ2) is 9.84. The van der Waals surface area contributed by atoms with E-state index in [0.29, 0.717) is 24.5 Å². The molecule has 2 aromatic heterocycles. The highest BCUT2D eigenvalue weighted by Gasteiger charge is 2.26. The van der Waals surface area contributed by atoms with Gasteiger partial charge in [-0.2, -0.15) is 0 Å². The van der Waals surface area contributed by atoms with Crippen LogP contribution < -0.4 is 10.5 Å². The van der Waals surface area contributed by atoms with Crippen LogP contribution in [0, 0.1) is 0 Å². The molecule has 5 rings (SSSR count). The van der Waals surface area contributed by atoms with Gasteiger partial charge in [0.25, 0.3) is 5.56 Å². The summed E-state index contributed by atoms with van der Waals surface area (Å²) in [6.45, 7) is 10.9. The molecule has 2 saturated heterocycles. The molecule has 10 nitrogen and oxygen atoms in total. The van der Waals surface area contributed by atoms with Gasteiger partial charge in [-0.25, -0.2) is 9.78 Å². The van der Waals surface area contributed by atoms with Crippen molar-refractivity contribution in [2.45, 2.75) is 52.0 Å². The van der Waals surface area contributed by atoms with E-state index in [-0.39, 0.29) is 17.6 Å². The zero-order valence-corrected chi connectivity index (χ0v) is 21.6. The predicted octanol–water partition coefficient (Wildman–Crippen LogP) is 2.66. The van der Waals surface area contributed by atoms with Gasteiger partial charge in [0, 0.05) is 50.6 Å². The number of fused-ring (bicyclic) bond motifs is 1. The summed E-state index contributed by atoms with van der Waals surface area (Å²) in [4.78, 5) is 33.6. The molecule has 2 fully saturated rings. The molecule has 0 bridgehead atoms. The molecule has 0 N–H and O–H groups in total. The number of benzene rings is 1. The van der Waals surface area contributed by atoms with Crippen LogP contribution in [0.4, 0.5) is 5.82 Å². The van der Waals surface area contributed by atoms with E-state index in [1.165, 1.54) is 6.07 Å². The van der Waals surface area contributed by atoms with Crippen LogP contribution >= 0.6 is 11.8 Å². The predicted molar refractivity (Wildman–Crippen MR) is 136 cm³/mol. The summed E-state index contributed by atoms with van der Waals surface area (Å²) >= 11 is 5.85. The second-order valence-electron chi connectivity index (χ2n) is 10.3. The van der Waals surface area contributed by atoms with Gasteiger partial charge in [0.2, 0.25) is 0 Å². The minimum Gasteiger partial charge on any atom is -0.456 e. The molecule has 3 aromatic rings. The van der Waals surface area contributed by atoms with E-state index in [0.717, 1.165) is 60.3 Å². The molecule has 2 aliphatic rings. The quantitative estimate of drug-likeness (QED) is 0.463. The molecule has 0 saturated carbocycles. The first-order chi connectivity index (χ1) is 17.2. The first kappa shape index (κ1) is 24.7. The normalized spacial score (nSPS) is 18.9. The summed E-state index contributed by atoms with van der Waals surface area (Å²) < 4.78 is 14.3. The van der Waals surface area contributed by atoms with Crippen molar-refractivity contribution in [1.82, 2.24) is 23.8 Å². The van der Waals surface area contributed by atoms with E-state index in [9.17, 15) is 9.59 Å². The van der Waals surface area contributed by atoms with Gasteiger partial charge in [0.15, 0.2) is 5.82 Å². The Morgan fingerprint density at radius 3 is 2.56 bits per heavy atom. The maximum atomic E-state index is 12.7. The molecular formula is C25H31ClN6O4. The largest absolute Gasteiger partial charge is 0.456 e. The fourth-order valence-corrected chi connectivity index (χ4v) is 4.61. The van der Waals surface area contributed by atoms with Crippen LogP contribution in [0.15, 0.2) is 35.1 Å². The molecular weight excluding hydrogens is 484 g/mol. The third-order valence-corrected chi connectivity index (χ3v) is 6.69. The van der Waals surface area contributed by atoms with Gasteiger partial charge in [0.1, 0.15) is 11.4 Å². The lowest BCUT2D eigenvalue weighted by Crippen LogP contribution is -2.47. The molecule has 1 aromatic carbocycles. The number of aromatic nitrogens is 4. The van der Waals surface area contributed by atoms with E-state index >= 15 is 0 Å². The van der Waals surface area contributed by atoms with Gasteiger partial charge in [-0.3, -0.25) is 9.69 Å². The minimum absolute atomic E-state index is 0.153. The van der Waals surface area contributed by atoms with Crippen LogP contribution in [-0.2, 0) is 22.6 Å². The fraction of sp³-hybridized carbons (Fsp3) is 0.520. The average molecular weight is 515 g/mol. The van der Waals surface area contributed by atoms with E-state index in [1.807, 2.05) is 32.9 Å². The number of nitrogens with zero attached hydrogens (tertiary/aromatic N) is 6. The Hall–Kier alpha value is -2.95. The standard InChI is InChI=1S/C25H31ClN6O4/c1-25(2,3)36-24(34)17-4-5-19-20(14-17)31(15-18-8-13-35-18)22(27-19)16-29-9-11-30(12-10-29)21-6-7-23(33)32(26)28-21/h4-7,14,18H,8-13,15-16H2,1-3H3/t18-/m0/s1. The number of anilines is 1. The number of imidazole rings is 1. The van der Waals surface area contributed by atoms with Gasteiger partial charge < -0.3 is 18.9 Å². The summed E-state index contributed by atoms with van der Waals surface area (Å²) in [6.07, 6.45) is 1.17. The van der Waals surface area contributed by atoms with Crippen molar-refractivity contribution in [3.05, 3.63) is 52.1 Å². The molecule has 11 heteroatoms. The second-order valence-corrected chi connectivity index (χ2v) is 10.6. The van der Waals surface area contributed by atoms with E-state index < -0.39 is 5.60 Å². The Bertz CT molecular complexity index is 1320. The van der Waals surface area contributed by atoms with E-state index in [4.69, 9.17) is 26.2 Å².